The molecule has 0 aliphatic carbocycles. The number of aryl methyl sites for hydroxylation is 1. The predicted molar refractivity (Wildman–Crippen MR) is 119 cm³/mol. The lowest BCUT2D eigenvalue weighted by Crippen LogP contribution is -2.04. The van der Waals surface area contributed by atoms with Crippen LogP contribution in [0.4, 0.5) is 0 Å². The van der Waals surface area contributed by atoms with Gasteiger partial charge in [0.15, 0.2) is 5.78 Å². The van der Waals surface area contributed by atoms with Crippen molar-refractivity contribution in [3.05, 3.63) is 75.9 Å². The second-order valence-corrected chi connectivity index (χ2v) is 7.97. The van der Waals surface area contributed by atoms with Crippen LogP contribution >= 0.6 is 11.3 Å². The summed E-state index contributed by atoms with van der Waals surface area (Å²) in [5.74, 6) is -0.197. The summed E-state index contributed by atoms with van der Waals surface area (Å²) in [5, 5.41) is 2.97. The topological polar surface area (TPSA) is 72.1 Å². The van der Waals surface area contributed by atoms with Crippen molar-refractivity contribution in [1.29, 1.82) is 0 Å². The number of ether oxygens (including phenoxy) is 1. The molecule has 0 atom stereocenters. The van der Waals surface area contributed by atoms with Crippen LogP contribution in [0, 0.1) is 6.92 Å². The number of nitrogens with zero attached hydrogens (tertiary/aromatic N) is 1. The van der Waals surface area contributed by atoms with Crippen molar-refractivity contribution in [2.24, 2.45) is 0 Å². The van der Waals surface area contributed by atoms with Gasteiger partial charge in [-0.3, -0.25) is 9.78 Å². The molecule has 4 aromatic rings. The van der Waals surface area contributed by atoms with Crippen LogP contribution in [0.25, 0.3) is 22.0 Å². The molecule has 0 fully saturated rings. The molecule has 0 aliphatic rings. The minimum absolute atomic E-state index is 0.160. The fourth-order valence-corrected chi connectivity index (χ4v) is 4.58. The molecular weight excluding hydrogens is 396 g/mol. The van der Waals surface area contributed by atoms with E-state index < -0.39 is 0 Å². The zero-order chi connectivity index (χ0) is 21.1. The number of nitrogens with one attached hydrogen (secondary N) is 1. The number of ketones is 1. The third kappa shape index (κ3) is 4.04. The number of aromatic amines is 1. The normalized spacial score (nSPS) is 11.0. The number of esters is 1. The van der Waals surface area contributed by atoms with Gasteiger partial charge in [0.05, 0.1) is 11.5 Å². The molecule has 4 rings (SSSR count). The van der Waals surface area contributed by atoms with E-state index in [9.17, 15) is 9.59 Å². The molecule has 0 amide bonds. The maximum absolute atomic E-state index is 12.8. The summed E-state index contributed by atoms with van der Waals surface area (Å²) in [6.45, 7) is 4.12. The van der Waals surface area contributed by atoms with E-state index in [2.05, 4.69) is 9.97 Å². The van der Waals surface area contributed by atoms with E-state index in [4.69, 9.17) is 4.74 Å². The van der Waals surface area contributed by atoms with Crippen molar-refractivity contribution in [2.45, 2.75) is 26.7 Å². The number of pyridine rings is 1. The van der Waals surface area contributed by atoms with Crippen LogP contribution in [0.5, 0.6) is 0 Å². The Bertz CT molecular complexity index is 1210. The Morgan fingerprint density at radius 1 is 1.13 bits per heavy atom. The smallest absolute Gasteiger partial charge is 0.354 e. The monoisotopic (exact) mass is 418 g/mol. The molecule has 30 heavy (non-hydrogen) atoms. The quantitative estimate of drug-likeness (QED) is 0.314. The first-order valence-corrected chi connectivity index (χ1v) is 10.7. The molecule has 3 heterocycles. The van der Waals surface area contributed by atoms with E-state index in [1.807, 2.05) is 42.6 Å². The molecule has 3 aromatic heterocycles. The molecule has 152 valence electrons. The van der Waals surface area contributed by atoms with Crippen LogP contribution in [0.15, 0.2) is 54.2 Å². The number of aromatic nitrogens is 2. The second kappa shape index (κ2) is 8.63. The summed E-state index contributed by atoms with van der Waals surface area (Å²) < 4.78 is 5.07. The lowest BCUT2D eigenvalue weighted by Gasteiger charge is -2.04. The zero-order valence-corrected chi connectivity index (χ0v) is 17.7. The van der Waals surface area contributed by atoms with Crippen molar-refractivity contribution in [3.63, 3.8) is 0 Å². The average molecular weight is 419 g/mol. The van der Waals surface area contributed by atoms with Crippen LogP contribution in [0.2, 0.25) is 0 Å². The summed E-state index contributed by atoms with van der Waals surface area (Å²) >= 11 is 1.49. The summed E-state index contributed by atoms with van der Waals surface area (Å²) in [4.78, 5) is 32.7. The van der Waals surface area contributed by atoms with Crippen molar-refractivity contribution in [2.75, 3.05) is 6.61 Å². The van der Waals surface area contributed by atoms with Crippen molar-refractivity contribution in [3.8, 4) is 11.1 Å². The third-order valence-corrected chi connectivity index (χ3v) is 6.23. The molecular formula is C24H22N2O3S. The Morgan fingerprint density at radius 3 is 2.70 bits per heavy atom. The van der Waals surface area contributed by atoms with E-state index in [1.165, 1.54) is 11.3 Å². The zero-order valence-electron chi connectivity index (χ0n) is 16.9. The minimum Gasteiger partial charge on any atom is -0.461 e. The van der Waals surface area contributed by atoms with Gasteiger partial charge in [-0.15, -0.1) is 11.3 Å². The van der Waals surface area contributed by atoms with Crippen LogP contribution in [-0.4, -0.2) is 28.3 Å². The van der Waals surface area contributed by atoms with Crippen LogP contribution < -0.4 is 0 Å². The number of H-pyrrole nitrogens is 1. The van der Waals surface area contributed by atoms with Crippen molar-refractivity contribution < 1.29 is 14.3 Å². The summed E-state index contributed by atoms with van der Waals surface area (Å²) in [6, 6.07) is 11.7. The van der Waals surface area contributed by atoms with Gasteiger partial charge in [0.25, 0.3) is 0 Å². The minimum atomic E-state index is -0.357. The third-order valence-electron chi connectivity index (χ3n) is 5.11. The van der Waals surface area contributed by atoms with Gasteiger partial charge in [-0.1, -0.05) is 6.07 Å². The number of Topliss-reactive ketones (excluding diaryl/α,β-unsaturated/α-hetero) is 1. The van der Waals surface area contributed by atoms with E-state index >= 15 is 0 Å². The molecule has 5 nitrogen and oxygen atoms in total. The van der Waals surface area contributed by atoms with Crippen LogP contribution in [0.3, 0.4) is 0 Å². The molecule has 0 spiro atoms. The maximum atomic E-state index is 12.8. The first-order valence-electron chi connectivity index (χ1n) is 9.87. The first-order chi connectivity index (χ1) is 14.6. The van der Waals surface area contributed by atoms with Crippen LogP contribution in [0.1, 0.15) is 44.6 Å². The highest BCUT2D eigenvalue weighted by atomic mass is 32.1. The molecule has 1 N–H and O–H groups in total. The van der Waals surface area contributed by atoms with E-state index in [1.54, 1.807) is 25.4 Å². The summed E-state index contributed by atoms with van der Waals surface area (Å²) in [7, 11) is 0. The second-order valence-electron chi connectivity index (χ2n) is 7.09. The number of fused-ring (bicyclic) bond motifs is 1. The molecule has 1 aromatic carbocycles. The van der Waals surface area contributed by atoms with Gasteiger partial charge >= 0.3 is 5.97 Å². The molecule has 0 saturated carbocycles. The van der Waals surface area contributed by atoms with E-state index in [-0.39, 0.29) is 11.8 Å². The number of rotatable bonds is 7. The number of thiophene rings is 1. The Kier molecular flexibility index (Phi) is 5.77. The molecule has 0 radical (unpaired) electrons. The molecule has 0 bridgehead atoms. The first kappa shape index (κ1) is 20.0. The Hall–Kier alpha value is -3.25. The van der Waals surface area contributed by atoms with Gasteiger partial charge in [-0.25, -0.2) is 4.79 Å². The maximum Gasteiger partial charge on any atom is 0.354 e. The van der Waals surface area contributed by atoms with Gasteiger partial charge in [-0.2, -0.15) is 0 Å². The molecule has 0 aliphatic heterocycles. The molecule has 6 heteroatoms. The predicted octanol–water partition coefficient (Wildman–Crippen LogP) is 5.59. The Balaban J connectivity index is 1.56. The fourth-order valence-electron chi connectivity index (χ4n) is 3.52. The number of benzene rings is 1. The number of hydrogen-bond acceptors (Lipinski definition) is 5. The number of carbonyl (C=O) groups excluding carboxylic acids is 2. The van der Waals surface area contributed by atoms with Gasteiger partial charge in [-0.05, 0) is 78.2 Å². The Morgan fingerprint density at radius 2 is 1.93 bits per heavy atom. The van der Waals surface area contributed by atoms with Gasteiger partial charge in [0, 0.05) is 29.7 Å². The summed E-state index contributed by atoms with van der Waals surface area (Å²) in [6.07, 6.45) is 4.68. The van der Waals surface area contributed by atoms with E-state index in [0.717, 1.165) is 38.0 Å². The van der Waals surface area contributed by atoms with Crippen LogP contribution in [-0.2, 0) is 11.2 Å². The standard InChI is InChI=1S/C24H22N2O3S/c1-3-29-24(28)21-13-18-12-17(5-6-20(18)26-21)19-14-30-23(15(19)2)22(27)7-4-16-8-10-25-11-9-16/h5-6,8-14,26H,3-4,7H2,1-2H3. The van der Waals surface area contributed by atoms with Gasteiger partial charge < -0.3 is 9.72 Å². The van der Waals surface area contributed by atoms with E-state index in [0.29, 0.717) is 25.1 Å². The number of carbonyl (C=O) groups is 2. The molecule has 0 saturated heterocycles. The van der Waals surface area contributed by atoms with Gasteiger partial charge in [0.1, 0.15) is 5.69 Å². The van der Waals surface area contributed by atoms with Crippen molar-refractivity contribution in [1.82, 2.24) is 9.97 Å². The highest BCUT2D eigenvalue weighted by molar-refractivity contribution is 7.12. The highest BCUT2D eigenvalue weighted by Crippen LogP contribution is 2.34. The van der Waals surface area contributed by atoms with Crippen molar-refractivity contribution >= 4 is 34.0 Å². The summed E-state index contributed by atoms with van der Waals surface area (Å²) in [5.41, 5.74) is 5.51. The van der Waals surface area contributed by atoms with Gasteiger partial charge in [0.2, 0.25) is 0 Å². The lowest BCUT2D eigenvalue weighted by atomic mass is 10.00. The lowest BCUT2D eigenvalue weighted by molar-refractivity contribution is 0.0520. The highest BCUT2D eigenvalue weighted by Gasteiger charge is 2.17. The SMILES string of the molecule is CCOC(=O)c1cc2cc(-c3csc(C(=O)CCc4ccncc4)c3C)ccc2[nH]1. The molecule has 0 unspecified atom stereocenters. The average Bonchev–Trinajstić information content (AvgIpc) is 3.36. The Labute approximate surface area is 178 Å². The fraction of sp³-hybridized carbons (Fsp3) is 0.208. The number of hydrogen-bond donors (Lipinski definition) is 1. The largest absolute Gasteiger partial charge is 0.461 e.